The molecule has 0 bridgehead atoms. The molecule has 0 aliphatic heterocycles. The Morgan fingerprint density at radius 2 is 1.45 bits per heavy atom. The Labute approximate surface area is 127 Å². The fourth-order valence-corrected chi connectivity index (χ4v) is 2.18. The van der Waals surface area contributed by atoms with Crippen LogP contribution in [0, 0.1) is 0 Å². The van der Waals surface area contributed by atoms with Gasteiger partial charge in [0.1, 0.15) is 14.1 Å². The fourth-order valence-electron chi connectivity index (χ4n) is 2.18. The first kappa shape index (κ1) is 13.9. The SMILES string of the molecule is C[n+]1ccc(-c2ccnc(-c3cc[n+](C)cc3[O-])n2)c([O-])c1. The molecular formula is C16H14N4O2. The molecule has 0 fully saturated rings. The summed E-state index contributed by atoms with van der Waals surface area (Å²) in [5, 5.41) is 24.1. The Morgan fingerprint density at radius 3 is 2.05 bits per heavy atom. The molecule has 0 aromatic carbocycles. The second kappa shape index (κ2) is 5.40. The van der Waals surface area contributed by atoms with Gasteiger partial charge in [0.15, 0.2) is 30.6 Å². The van der Waals surface area contributed by atoms with Crippen LogP contribution in [0.3, 0.4) is 0 Å². The second-order valence-corrected chi connectivity index (χ2v) is 5.04. The van der Waals surface area contributed by atoms with Gasteiger partial charge in [-0.25, -0.2) is 19.1 Å². The van der Waals surface area contributed by atoms with E-state index in [0.29, 0.717) is 22.6 Å². The first-order chi connectivity index (χ1) is 10.5. The highest BCUT2D eigenvalue weighted by atomic mass is 16.3. The maximum Gasteiger partial charge on any atom is 0.169 e. The number of hydrogen-bond donors (Lipinski definition) is 0. The summed E-state index contributed by atoms with van der Waals surface area (Å²) < 4.78 is 3.35. The van der Waals surface area contributed by atoms with Crippen molar-refractivity contribution in [2.24, 2.45) is 14.1 Å². The molecular weight excluding hydrogens is 280 g/mol. The molecule has 6 heteroatoms. The molecule has 3 rings (SSSR count). The number of aromatic nitrogens is 4. The Kier molecular flexibility index (Phi) is 3.42. The molecule has 0 unspecified atom stereocenters. The zero-order valence-corrected chi connectivity index (χ0v) is 12.2. The van der Waals surface area contributed by atoms with Gasteiger partial charge in [0, 0.05) is 29.5 Å². The van der Waals surface area contributed by atoms with Crippen LogP contribution in [0.4, 0.5) is 0 Å². The summed E-state index contributed by atoms with van der Waals surface area (Å²) in [6.45, 7) is 0. The van der Waals surface area contributed by atoms with Crippen molar-refractivity contribution >= 4 is 0 Å². The van der Waals surface area contributed by atoms with Crippen LogP contribution < -0.4 is 19.3 Å². The average Bonchev–Trinajstić information content (AvgIpc) is 2.47. The van der Waals surface area contributed by atoms with Crippen molar-refractivity contribution in [1.82, 2.24) is 9.97 Å². The molecule has 0 saturated heterocycles. The fraction of sp³-hybridized carbons (Fsp3) is 0.125. The minimum atomic E-state index is -0.163. The zero-order valence-electron chi connectivity index (χ0n) is 12.2. The third-order valence-corrected chi connectivity index (χ3v) is 3.30. The monoisotopic (exact) mass is 294 g/mol. The first-order valence-corrected chi connectivity index (χ1v) is 6.71. The van der Waals surface area contributed by atoms with E-state index in [-0.39, 0.29) is 11.5 Å². The predicted molar refractivity (Wildman–Crippen MR) is 74.1 cm³/mol. The minimum Gasteiger partial charge on any atom is -0.868 e. The molecule has 0 saturated carbocycles. The predicted octanol–water partition coefficient (Wildman–Crippen LogP) is -0.393. The largest absolute Gasteiger partial charge is 0.868 e. The minimum absolute atomic E-state index is 0.128. The topological polar surface area (TPSA) is 79.7 Å². The second-order valence-electron chi connectivity index (χ2n) is 5.04. The maximum atomic E-state index is 12.1. The van der Waals surface area contributed by atoms with E-state index in [1.54, 1.807) is 60.0 Å². The van der Waals surface area contributed by atoms with Crippen LogP contribution in [-0.2, 0) is 14.1 Å². The van der Waals surface area contributed by atoms with Crippen LogP contribution in [0.25, 0.3) is 22.6 Å². The first-order valence-electron chi connectivity index (χ1n) is 6.71. The standard InChI is InChI=1S/C16H14N4O2/c1-19-7-4-11(14(21)9-19)13-3-6-17-16(18-13)12-5-8-20(2)10-15(12)22/h3-10H,1-2H3. The van der Waals surface area contributed by atoms with Crippen LogP contribution in [0.2, 0.25) is 0 Å². The molecule has 3 aromatic rings. The summed E-state index contributed by atoms with van der Waals surface area (Å²) in [5.41, 5.74) is 1.40. The molecule has 0 spiro atoms. The number of hydrogen-bond acceptors (Lipinski definition) is 4. The zero-order chi connectivity index (χ0) is 15.7. The van der Waals surface area contributed by atoms with Crippen molar-refractivity contribution in [2.75, 3.05) is 0 Å². The lowest BCUT2D eigenvalue weighted by molar-refractivity contribution is -0.673. The lowest BCUT2D eigenvalue weighted by Gasteiger charge is -2.13. The van der Waals surface area contributed by atoms with Crippen LogP contribution in [0.15, 0.2) is 49.2 Å². The van der Waals surface area contributed by atoms with Crippen molar-refractivity contribution in [1.29, 1.82) is 0 Å². The van der Waals surface area contributed by atoms with Crippen molar-refractivity contribution < 1.29 is 19.3 Å². The lowest BCUT2D eigenvalue weighted by atomic mass is 10.1. The number of pyridine rings is 2. The lowest BCUT2D eigenvalue weighted by Crippen LogP contribution is -2.27. The highest BCUT2D eigenvalue weighted by molar-refractivity contribution is 5.68. The van der Waals surface area contributed by atoms with Crippen molar-refractivity contribution in [3.8, 4) is 34.1 Å². The summed E-state index contributed by atoms with van der Waals surface area (Å²) in [6.07, 6.45) is 8.04. The summed E-state index contributed by atoms with van der Waals surface area (Å²) >= 11 is 0. The van der Waals surface area contributed by atoms with E-state index in [0.717, 1.165) is 0 Å². The highest BCUT2D eigenvalue weighted by Crippen LogP contribution is 2.27. The van der Waals surface area contributed by atoms with Gasteiger partial charge in [0.05, 0.1) is 5.69 Å². The van der Waals surface area contributed by atoms with Gasteiger partial charge in [-0.1, -0.05) is 0 Å². The van der Waals surface area contributed by atoms with E-state index in [4.69, 9.17) is 0 Å². The smallest absolute Gasteiger partial charge is 0.169 e. The Morgan fingerprint density at radius 1 is 0.864 bits per heavy atom. The van der Waals surface area contributed by atoms with Gasteiger partial charge in [0.25, 0.3) is 0 Å². The van der Waals surface area contributed by atoms with Crippen molar-refractivity contribution in [3.05, 3.63) is 49.2 Å². The normalized spacial score (nSPS) is 10.6. The van der Waals surface area contributed by atoms with Crippen LogP contribution >= 0.6 is 0 Å². The van der Waals surface area contributed by atoms with Crippen LogP contribution in [0.1, 0.15) is 0 Å². The Balaban J connectivity index is 2.10. The van der Waals surface area contributed by atoms with Gasteiger partial charge in [-0.3, -0.25) is 0 Å². The number of aryl methyl sites for hydroxylation is 2. The number of nitrogens with zero attached hydrogens (tertiary/aromatic N) is 4. The molecule has 22 heavy (non-hydrogen) atoms. The molecule has 0 N–H and O–H groups in total. The van der Waals surface area contributed by atoms with E-state index in [1.165, 1.54) is 12.4 Å². The third-order valence-electron chi connectivity index (χ3n) is 3.30. The van der Waals surface area contributed by atoms with Crippen molar-refractivity contribution in [2.45, 2.75) is 0 Å². The molecule has 0 aliphatic carbocycles. The van der Waals surface area contributed by atoms with E-state index >= 15 is 0 Å². The summed E-state index contributed by atoms with van der Waals surface area (Å²) in [6, 6.07) is 5.04. The van der Waals surface area contributed by atoms with Gasteiger partial charge < -0.3 is 10.2 Å². The molecule has 110 valence electrons. The summed E-state index contributed by atoms with van der Waals surface area (Å²) in [4.78, 5) is 8.51. The van der Waals surface area contributed by atoms with Crippen LogP contribution in [-0.4, -0.2) is 9.97 Å². The van der Waals surface area contributed by atoms with Gasteiger partial charge in [-0.15, -0.1) is 0 Å². The Hall–Kier alpha value is -3.02. The van der Waals surface area contributed by atoms with Crippen molar-refractivity contribution in [3.63, 3.8) is 0 Å². The molecule has 6 nitrogen and oxygen atoms in total. The van der Waals surface area contributed by atoms with E-state index in [1.807, 2.05) is 0 Å². The molecule has 3 heterocycles. The Bertz CT molecular complexity index is 783. The van der Waals surface area contributed by atoms with Gasteiger partial charge in [-0.05, 0) is 17.6 Å². The van der Waals surface area contributed by atoms with Crippen LogP contribution in [0.5, 0.6) is 11.5 Å². The van der Waals surface area contributed by atoms with Gasteiger partial charge >= 0.3 is 0 Å². The number of rotatable bonds is 2. The molecule has 0 amide bonds. The average molecular weight is 294 g/mol. The van der Waals surface area contributed by atoms with Gasteiger partial charge in [-0.2, -0.15) is 0 Å². The maximum absolute atomic E-state index is 12.1. The molecule has 0 radical (unpaired) electrons. The van der Waals surface area contributed by atoms with E-state index in [2.05, 4.69) is 9.97 Å². The van der Waals surface area contributed by atoms with E-state index in [9.17, 15) is 10.2 Å². The quantitative estimate of drug-likeness (QED) is 0.603. The highest BCUT2D eigenvalue weighted by Gasteiger charge is 2.09. The molecule has 3 aromatic heterocycles. The van der Waals surface area contributed by atoms with Gasteiger partial charge in [0.2, 0.25) is 0 Å². The summed E-state index contributed by atoms with van der Waals surface area (Å²) in [7, 11) is 3.56. The van der Waals surface area contributed by atoms with E-state index < -0.39 is 0 Å². The molecule has 0 aliphatic rings. The molecule has 0 atom stereocenters. The third kappa shape index (κ3) is 2.58. The summed E-state index contributed by atoms with van der Waals surface area (Å²) in [5.74, 6) is 0.0242.